The van der Waals surface area contributed by atoms with Crippen LogP contribution in [0, 0.1) is 10.1 Å². The van der Waals surface area contributed by atoms with E-state index in [-0.39, 0.29) is 22.8 Å². The first kappa shape index (κ1) is 19.2. The summed E-state index contributed by atoms with van der Waals surface area (Å²) in [4.78, 5) is 38.7. The van der Waals surface area contributed by atoms with Crippen molar-refractivity contribution in [3.05, 3.63) is 56.0 Å². The predicted molar refractivity (Wildman–Crippen MR) is 107 cm³/mol. The molecule has 11 heteroatoms. The van der Waals surface area contributed by atoms with Crippen molar-refractivity contribution in [3.63, 3.8) is 0 Å². The Balaban J connectivity index is 1.51. The molecule has 0 aliphatic carbocycles. The van der Waals surface area contributed by atoms with Crippen LogP contribution >= 0.6 is 11.6 Å². The number of carbonyl (C=O) groups is 1. The van der Waals surface area contributed by atoms with Gasteiger partial charge in [0.15, 0.2) is 0 Å². The fourth-order valence-electron chi connectivity index (χ4n) is 3.80. The fraction of sp³-hybridized carbons (Fsp3) is 0.389. The summed E-state index contributed by atoms with van der Waals surface area (Å²) in [7, 11) is 0. The number of anilines is 1. The Hall–Kier alpha value is -3.14. The molecular formula is C18H19ClN6O4. The lowest BCUT2D eigenvalue weighted by Crippen LogP contribution is -2.46. The maximum absolute atomic E-state index is 12.7. The lowest BCUT2D eigenvalue weighted by molar-refractivity contribution is -0.384. The van der Waals surface area contributed by atoms with Crippen LogP contribution in [0.4, 0.5) is 16.2 Å². The molecule has 152 valence electrons. The van der Waals surface area contributed by atoms with E-state index < -0.39 is 10.5 Å². The van der Waals surface area contributed by atoms with Gasteiger partial charge in [-0.2, -0.15) is 9.78 Å². The van der Waals surface area contributed by atoms with E-state index in [1.54, 1.807) is 0 Å². The molecule has 0 saturated carbocycles. The summed E-state index contributed by atoms with van der Waals surface area (Å²) in [6.45, 7) is 2.72. The van der Waals surface area contributed by atoms with Crippen molar-refractivity contribution in [1.29, 1.82) is 0 Å². The minimum atomic E-state index is -0.508. The van der Waals surface area contributed by atoms with E-state index in [0.717, 1.165) is 24.1 Å². The Morgan fingerprint density at radius 3 is 2.41 bits per heavy atom. The zero-order valence-corrected chi connectivity index (χ0v) is 16.2. The molecule has 0 bridgehead atoms. The van der Waals surface area contributed by atoms with Crippen molar-refractivity contribution in [2.75, 3.05) is 31.1 Å². The molecule has 1 aromatic carbocycles. The summed E-state index contributed by atoms with van der Waals surface area (Å²) in [5.74, 6) is 0. The number of halogens is 1. The molecule has 2 aliphatic heterocycles. The Kier molecular flexibility index (Phi) is 5.10. The highest BCUT2D eigenvalue weighted by molar-refractivity contribution is 6.33. The van der Waals surface area contributed by atoms with Gasteiger partial charge in [-0.05, 0) is 25.0 Å². The van der Waals surface area contributed by atoms with E-state index in [1.807, 2.05) is 9.80 Å². The van der Waals surface area contributed by atoms with Crippen LogP contribution in [0.25, 0.3) is 5.69 Å². The fourth-order valence-corrected chi connectivity index (χ4v) is 4.05. The van der Waals surface area contributed by atoms with E-state index in [4.69, 9.17) is 11.6 Å². The number of aromatic nitrogens is 2. The average molecular weight is 419 g/mol. The van der Waals surface area contributed by atoms with Gasteiger partial charge in [0.1, 0.15) is 5.02 Å². The summed E-state index contributed by atoms with van der Waals surface area (Å²) in [5.41, 5.74) is 0.394. The van der Waals surface area contributed by atoms with Crippen LogP contribution in [0.15, 0.2) is 35.3 Å². The number of nitrogens with one attached hydrogen (secondary N) is 1. The first-order valence-corrected chi connectivity index (χ1v) is 9.65. The maximum Gasteiger partial charge on any atom is 0.317 e. The third kappa shape index (κ3) is 3.63. The van der Waals surface area contributed by atoms with Gasteiger partial charge in [-0.15, -0.1) is 0 Å². The molecule has 2 aliphatic rings. The summed E-state index contributed by atoms with van der Waals surface area (Å²) < 4.78 is 1.12. The normalized spacial score (nSPS) is 17.5. The molecule has 0 spiro atoms. The molecule has 4 rings (SSSR count). The molecule has 0 radical (unpaired) electrons. The minimum absolute atomic E-state index is 0.0196. The highest BCUT2D eigenvalue weighted by atomic mass is 35.5. The molecule has 3 heterocycles. The third-order valence-corrected chi connectivity index (χ3v) is 5.70. The van der Waals surface area contributed by atoms with E-state index in [9.17, 15) is 19.7 Å². The molecule has 1 aromatic heterocycles. The maximum atomic E-state index is 12.7. The van der Waals surface area contributed by atoms with Crippen molar-refractivity contribution in [1.82, 2.24) is 20.0 Å². The van der Waals surface area contributed by atoms with Crippen LogP contribution in [-0.2, 0) is 0 Å². The number of urea groups is 1. The van der Waals surface area contributed by atoms with E-state index >= 15 is 0 Å². The van der Waals surface area contributed by atoms with Crippen LogP contribution in [0.5, 0.6) is 0 Å². The smallest absolute Gasteiger partial charge is 0.317 e. The molecule has 2 aromatic rings. The van der Waals surface area contributed by atoms with Crippen LogP contribution in [-0.4, -0.2) is 57.9 Å². The molecule has 0 unspecified atom stereocenters. The van der Waals surface area contributed by atoms with Gasteiger partial charge in [-0.25, -0.2) is 4.79 Å². The van der Waals surface area contributed by atoms with Crippen molar-refractivity contribution in [2.45, 2.75) is 18.9 Å². The largest absolute Gasteiger partial charge is 0.369 e. The number of carbonyl (C=O) groups excluding carboxylic acids is 1. The summed E-state index contributed by atoms with van der Waals surface area (Å²) >= 11 is 6.35. The quantitative estimate of drug-likeness (QED) is 0.598. The third-order valence-electron chi connectivity index (χ3n) is 5.34. The van der Waals surface area contributed by atoms with Gasteiger partial charge in [0, 0.05) is 44.4 Å². The second-order valence-corrected chi connectivity index (χ2v) is 7.36. The highest BCUT2D eigenvalue weighted by Gasteiger charge is 2.31. The van der Waals surface area contributed by atoms with E-state index in [1.165, 1.54) is 30.5 Å². The Labute approximate surface area is 170 Å². The number of hydrogen-bond acceptors (Lipinski definition) is 6. The van der Waals surface area contributed by atoms with Crippen LogP contribution in [0.1, 0.15) is 12.8 Å². The lowest BCUT2D eigenvalue weighted by atomic mass is 10.0. The Bertz CT molecular complexity index is 1000. The first-order chi connectivity index (χ1) is 14.0. The molecule has 0 atom stereocenters. The Morgan fingerprint density at radius 1 is 1.14 bits per heavy atom. The standard InChI is InChI=1S/C18H19ClN6O4/c19-16-15(22-8-5-12(6-9-22)23-10-7-20-18(23)27)11-21-24(17(16)26)13-1-3-14(4-2-13)25(28)29/h1-4,11-12H,5-10H2,(H,20,27). The molecular weight excluding hydrogens is 400 g/mol. The summed E-state index contributed by atoms with van der Waals surface area (Å²) in [6.07, 6.45) is 3.11. The van der Waals surface area contributed by atoms with Gasteiger partial charge in [0.05, 0.1) is 22.5 Å². The van der Waals surface area contributed by atoms with Crippen LogP contribution in [0.2, 0.25) is 5.02 Å². The molecule has 1 N–H and O–H groups in total. The number of hydrogen-bond donors (Lipinski definition) is 1. The number of benzene rings is 1. The number of rotatable bonds is 4. The van der Waals surface area contributed by atoms with Gasteiger partial charge in [0.25, 0.3) is 11.2 Å². The summed E-state index contributed by atoms with van der Waals surface area (Å²) in [5, 5.41) is 17.9. The SMILES string of the molecule is O=C1NCCN1C1CCN(c2cnn(-c3ccc([N+](=O)[O-])cc3)c(=O)c2Cl)CC1. The van der Waals surface area contributed by atoms with Gasteiger partial charge in [-0.1, -0.05) is 11.6 Å². The number of amides is 2. The second kappa shape index (κ2) is 7.70. The predicted octanol–water partition coefficient (Wildman–Crippen LogP) is 1.79. The van der Waals surface area contributed by atoms with Crippen molar-refractivity contribution >= 4 is 29.0 Å². The average Bonchev–Trinajstić information content (AvgIpc) is 3.16. The van der Waals surface area contributed by atoms with Crippen LogP contribution < -0.4 is 15.8 Å². The van der Waals surface area contributed by atoms with E-state index in [2.05, 4.69) is 10.4 Å². The highest BCUT2D eigenvalue weighted by Crippen LogP contribution is 2.27. The number of piperidine rings is 1. The Morgan fingerprint density at radius 2 is 1.83 bits per heavy atom. The zero-order chi connectivity index (χ0) is 20.5. The number of nitrogens with zero attached hydrogens (tertiary/aromatic N) is 5. The number of nitro benzene ring substituents is 1. The first-order valence-electron chi connectivity index (χ1n) is 9.28. The topological polar surface area (TPSA) is 114 Å². The van der Waals surface area contributed by atoms with Crippen molar-refractivity contribution in [3.8, 4) is 5.69 Å². The van der Waals surface area contributed by atoms with Gasteiger partial charge >= 0.3 is 6.03 Å². The monoisotopic (exact) mass is 418 g/mol. The second-order valence-electron chi connectivity index (χ2n) is 6.98. The van der Waals surface area contributed by atoms with Gasteiger partial charge in [-0.3, -0.25) is 14.9 Å². The van der Waals surface area contributed by atoms with E-state index in [0.29, 0.717) is 31.0 Å². The number of non-ortho nitro benzene ring substituents is 1. The van der Waals surface area contributed by atoms with Crippen molar-refractivity contribution < 1.29 is 9.72 Å². The van der Waals surface area contributed by atoms with Crippen LogP contribution in [0.3, 0.4) is 0 Å². The lowest BCUT2D eigenvalue weighted by Gasteiger charge is -2.37. The molecule has 2 amide bonds. The van der Waals surface area contributed by atoms with Gasteiger partial charge in [0.2, 0.25) is 0 Å². The summed E-state index contributed by atoms with van der Waals surface area (Å²) in [6, 6.07) is 5.69. The zero-order valence-electron chi connectivity index (χ0n) is 15.5. The molecule has 2 fully saturated rings. The minimum Gasteiger partial charge on any atom is -0.369 e. The van der Waals surface area contributed by atoms with Gasteiger partial charge < -0.3 is 15.1 Å². The molecule has 2 saturated heterocycles. The molecule has 29 heavy (non-hydrogen) atoms. The number of nitro groups is 1. The molecule has 10 nitrogen and oxygen atoms in total. The van der Waals surface area contributed by atoms with Crippen molar-refractivity contribution in [2.24, 2.45) is 0 Å².